The highest BCUT2D eigenvalue weighted by atomic mass is 35.5. The van der Waals surface area contributed by atoms with Crippen molar-refractivity contribution in [2.45, 2.75) is 6.92 Å². The first-order valence-corrected chi connectivity index (χ1v) is 7.31. The molecule has 2 rings (SSSR count). The van der Waals surface area contributed by atoms with Crippen molar-refractivity contribution >= 4 is 46.6 Å². The average Bonchev–Trinajstić information content (AvgIpc) is 2.48. The first-order chi connectivity index (χ1) is 10.9. The summed E-state index contributed by atoms with van der Waals surface area (Å²) in [5.41, 5.74) is 1.74. The SMILES string of the molecule is Cc1cc([N+](=O)[O-])ccc1NC(=O)C=Cc1ccc(Cl)cc1Cl. The summed E-state index contributed by atoms with van der Waals surface area (Å²) >= 11 is 11.8. The van der Waals surface area contributed by atoms with Gasteiger partial charge in [0.15, 0.2) is 0 Å². The molecule has 5 nitrogen and oxygen atoms in total. The number of nitro benzene ring substituents is 1. The number of nitrogens with one attached hydrogen (secondary N) is 1. The maximum Gasteiger partial charge on any atom is 0.269 e. The number of amides is 1. The Bertz CT molecular complexity index is 804. The van der Waals surface area contributed by atoms with Crippen LogP contribution in [0.1, 0.15) is 11.1 Å². The third kappa shape index (κ3) is 4.55. The van der Waals surface area contributed by atoms with Gasteiger partial charge in [0, 0.05) is 33.9 Å². The molecule has 0 bridgehead atoms. The Morgan fingerprint density at radius 2 is 1.96 bits per heavy atom. The second kappa shape index (κ2) is 7.26. The summed E-state index contributed by atoms with van der Waals surface area (Å²) in [4.78, 5) is 22.1. The highest BCUT2D eigenvalue weighted by molar-refractivity contribution is 6.35. The summed E-state index contributed by atoms with van der Waals surface area (Å²) in [5, 5.41) is 14.3. The fourth-order valence-electron chi connectivity index (χ4n) is 1.88. The standard InChI is InChI=1S/C16H12Cl2N2O3/c1-10-8-13(20(22)23)5-6-15(10)19-16(21)7-3-11-2-4-12(17)9-14(11)18/h2-9H,1H3,(H,19,21). The van der Waals surface area contributed by atoms with E-state index in [0.29, 0.717) is 26.9 Å². The van der Waals surface area contributed by atoms with Gasteiger partial charge in [-0.15, -0.1) is 0 Å². The lowest BCUT2D eigenvalue weighted by Crippen LogP contribution is -2.09. The Hall–Kier alpha value is -2.37. The molecule has 23 heavy (non-hydrogen) atoms. The van der Waals surface area contributed by atoms with Crippen LogP contribution in [0.25, 0.3) is 6.08 Å². The number of hydrogen-bond donors (Lipinski definition) is 1. The van der Waals surface area contributed by atoms with Gasteiger partial charge >= 0.3 is 0 Å². The summed E-state index contributed by atoms with van der Waals surface area (Å²) in [7, 11) is 0. The maximum absolute atomic E-state index is 11.9. The van der Waals surface area contributed by atoms with E-state index in [9.17, 15) is 14.9 Å². The first kappa shape index (κ1) is 17.0. The van der Waals surface area contributed by atoms with E-state index in [1.54, 1.807) is 31.2 Å². The van der Waals surface area contributed by atoms with E-state index < -0.39 is 4.92 Å². The zero-order valence-electron chi connectivity index (χ0n) is 12.0. The Morgan fingerprint density at radius 3 is 2.57 bits per heavy atom. The van der Waals surface area contributed by atoms with Crippen molar-refractivity contribution in [1.82, 2.24) is 0 Å². The number of rotatable bonds is 4. The van der Waals surface area contributed by atoms with Crippen LogP contribution in [-0.4, -0.2) is 10.8 Å². The lowest BCUT2D eigenvalue weighted by Gasteiger charge is -2.06. The molecule has 7 heteroatoms. The molecule has 0 saturated heterocycles. The van der Waals surface area contributed by atoms with Crippen molar-refractivity contribution in [3.05, 3.63) is 73.8 Å². The van der Waals surface area contributed by atoms with Gasteiger partial charge in [0.05, 0.1) is 4.92 Å². The second-order valence-corrected chi connectivity index (χ2v) is 5.59. The third-order valence-electron chi connectivity index (χ3n) is 3.06. The number of hydrogen-bond acceptors (Lipinski definition) is 3. The molecule has 0 spiro atoms. The van der Waals surface area contributed by atoms with E-state index in [0.717, 1.165) is 0 Å². The topological polar surface area (TPSA) is 72.2 Å². The summed E-state index contributed by atoms with van der Waals surface area (Å²) in [6.45, 7) is 1.68. The van der Waals surface area contributed by atoms with Gasteiger partial charge in [0.25, 0.3) is 5.69 Å². The molecule has 0 heterocycles. The van der Waals surface area contributed by atoms with Crippen LogP contribution in [0.5, 0.6) is 0 Å². The number of carbonyl (C=O) groups is 1. The Morgan fingerprint density at radius 1 is 1.22 bits per heavy atom. The first-order valence-electron chi connectivity index (χ1n) is 6.56. The number of non-ortho nitro benzene ring substituents is 1. The van der Waals surface area contributed by atoms with E-state index in [2.05, 4.69) is 5.32 Å². The number of nitrogens with zero attached hydrogens (tertiary/aromatic N) is 1. The van der Waals surface area contributed by atoms with Gasteiger partial charge in [0.2, 0.25) is 5.91 Å². The Labute approximate surface area is 142 Å². The smallest absolute Gasteiger partial charge is 0.269 e. The molecule has 1 amide bonds. The number of benzene rings is 2. The number of anilines is 1. The van der Waals surface area contributed by atoms with Gasteiger partial charge < -0.3 is 5.32 Å². The molecular formula is C16H12Cl2N2O3. The maximum atomic E-state index is 11.9. The van der Waals surface area contributed by atoms with Crippen LogP contribution >= 0.6 is 23.2 Å². The fraction of sp³-hybridized carbons (Fsp3) is 0.0625. The van der Waals surface area contributed by atoms with Crippen LogP contribution in [0.3, 0.4) is 0 Å². The second-order valence-electron chi connectivity index (χ2n) is 4.74. The van der Waals surface area contributed by atoms with Crippen LogP contribution in [-0.2, 0) is 4.79 Å². The molecule has 2 aromatic rings. The lowest BCUT2D eigenvalue weighted by molar-refractivity contribution is -0.384. The predicted molar refractivity (Wildman–Crippen MR) is 92.0 cm³/mol. The normalized spacial score (nSPS) is 10.7. The van der Waals surface area contributed by atoms with Gasteiger partial charge in [-0.1, -0.05) is 29.3 Å². The molecule has 0 atom stereocenters. The Balaban J connectivity index is 2.10. The zero-order chi connectivity index (χ0) is 17.0. The minimum absolute atomic E-state index is 0.0241. The lowest BCUT2D eigenvalue weighted by atomic mass is 10.1. The molecule has 1 N–H and O–H groups in total. The molecule has 0 saturated carbocycles. The summed E-state index contributed by atoms with van der Waals surface area (Å²) in [6, 6.07) is 9.19. The Kier molecular flexibility index (Phi) is 5.36. The molecule has 2 aromatic carbocycles. The zero-order valence-corrected chi connectivity index (χ0v) is 13.6. The molecule has 0 radical (unpaired) electrons. The molecule has 0 unspecified atom stereocenters. The van der Waals surface area contributed by atoms with Gasteiger partial charge in [-0.2, -0.15) is 0 Å². The summed E-state index contributed by atoms with van der Waals surface area (Å²) in [5.74, 6) is -0.368. The minimum Gasteiger partial charge on any atom is -0.322 e. The number of carbonyl (C=O) groups excluding carboxylic acids is 1. The molecule has 0 aliphatic heterocycles. The molecule has 0 fully saturated rings. The van der Waals surface area contributed by atoms with Crippen LogP contribution in [0.15, 0.2) is 42.5 Å². The van der Waals surface area contributed by atoms with Crippen molar-refractivity contribution in [3.8, 4) is 0 Å². The highest BCUT2D eigenvalue weighted by Crippen LogP contribution is 2.23. The van der Waals surface area contributed by atoms with E-state index >= 15 is 0 Å². The number of aryl methyl sites for hydroxylation is 1. The van der Waals surface area contributed by atoms with Crippen LogP contribution < -0.4 is 5.32 Å². The highest BCUT2D eigenvalue weighted by Gasteiger charge is 2.09. The number of nitro groups is 1. The number of halogens is 2. The van der Waals surface area contributed by atoms with E-state index in [-0.39, 0.29) is 11.6 Å². The third-order valence-corrected chi connectivity index (χ3v) is 3.62. The minimum atomic E-state index is -0.485. The summed E-state index contributed by atoms with van der Waals surface area (Å²) < 4.78 is 0. The molecular weight excluding hydrogens is 339 g/mol. The van der Waals surface area contributed by atoms with E-state index in [4.69, 9.17) is 23.2 Å². The van der Waals surface area contributed by atoms with E-state index in [1.165, 1.54) is 24.3 Å². The molecule has 0 aliphatic rings. The van der Waals surface area contributed by atoms with Crippen molar-refractivity contribution in [1.29, 1.82) is 0 Å². The van der Waals surface area contributed by atoms with Gasteiger partial charge in [-0.25, -0.2) is 0 Å². The fourth-order valence-corrected chi connectivity index (χ4v) is 2.35. The van der Waals surface area contributed by atoms with Crippen molar-refractivity contribution < 1.29 is 9.72 Å². The quantitative estimate of drug-likeness (QED) is 0.486. The van der Waals surface area contributed by atoms with Crippen molar-refractivity contribution in [2.75, 3.05) is 5.32 Å². The van der Waals surface area contributed by atoms with Gasteiger partial charge in [-0.05, 0) is 42.3 Å². The van der Waals surface area contributed by atoms with Crippen LogP contribution in [0.4, 0.5) is 11.4 Å². The van der Waals surface area contributed by atoms with Crippen LogP contribution in [0, 0.1) is 17.0 Å². The van der Waals surface area contributed by atoms with E-state index in [1.807, 2.05) is 0 Å². The molecule has 0 aromatic heterocycles. The van der Waals surface area contributed by atoms with Gasteiger partial charge in [-0.3, -0.25) is 14.9 Å². The molecule has 118 valence electrons. The average molecular weight is 351 g/mol. The summed E-state index contributed by atoms with van der Waals surface area (Å²) in [6.07, 6.45) is 2.89. The van der Waals surface area contributed by atoms with Gasteiger partial charge in [0.1, 0.15) is 0 Å². The van der Waals surface area contributed by atoms with Crippen molar-refractivity contribution in [3.63, 3.8) is 0 Å². The largest absolute Gasteiger partial charge is 0.322 e. The van der Waals surface area contributed by atoms with Crippen molar-refractivity contribution in [2.24, 2.45) is 0 Å². The predicted octanol–water partition coefficient (Wildman–Crippen LogP) is 4.86. The molecule has 0 aliphatic carbocycles. The monoisotopic (exact) mass is 350 g/mol. The van der Waals surface area contributed by atoms with Crippen LogP contribution in [0.2, 0.25) is 10.0 Å².